The molecule has 0 unspecified atom stereocenters. The molecule has 0 saturated heterocycles. The molecule has 2 heterocycles. The van der Waals surface area contributed by atoms with E-state index in [2.05, 4.69) is 13.7 Å². The number of fused-ring (bicyclic) bond motifs is 3. The van der Waals surface area contributed by atoms with Crippen LogP contribution in [0.1, 0.15) is 5.56 Å². The molecule has 0 bridgehead atoms. The third kappa shape index (κ3) is 1.06. The van der Waals surface area contributed by atoms with Gasteiger partial charge >= 0.3 is 0 Å². The van der Waals surface area contributed by atoms with Crippen LogP contribution in [0.15, 0.2) is 23.1 Å². The molecule has 0 aliphatic carbocycles. The maximum absolute atomic E-state index is 12.0. The second-order valence-electron chi connectivity index (χ2n) is 3.25. The van der Waals surface area contributed by atoms with Crippen LogP contribution in [-0.2, 0) is 0 Å². The van der Waals surface area contributed by atoms with Crippen molar-refractivity contribution in [3.05, 3.63) is 34.1 Å². The van der Waals surface area contributed by atoms with Crippen LogP contribution in [0.5, 0.6) is 0 Å². The number of hydrogen-bond acceptors (Lipinski definition) is 5. The average molecular weight is 228 g/mol. The van der Waals surface area contributed by atoms with E-state index in [1.54, 1.807) is 12.1 Å². The zero-order chi connectivity index (χ0) is 11.1. The number of nitriles is 1. The van der Waals surface area contributed by atoms with E-state index in [9.17, 15) is 4.79 Å². The van der Waals surface area contributed by atoms with E-state index < -0.39 is 0 Å². The van der Waals surface area contributed by atoms with Gasteiger partial charge in [-0.05, 0) is 12.1 Å². The largest absolute Gasteiger partial charge is 0.293 e. The van der Waals surface area contributed by atoms with Gasteiger partial charge in [-0.1, -0.05) is 0 Å². The van der Waals surface area contributed by atoms with Crippen molar-refractivity contribution in [2.75, 3.05) is 0 Å². The number of benzene rings is 1. The first kappa shape index (κ1) is 9.00. The Balaban J connectivity index is 2.67. The highest BCUT2D eigenvalue weighted by molar-refractivity contribution is 7.00. The Bertz CT molecular complexity index is 796. The van der Waals surface area contributed by atoms with Gasteiger partial charge in [0.05, 0.1) is 16.4 Å². The molecule has 76 valence electrons. The third-order valence-corrected chi connectivity index (χ3v) is 2.96. The van der Waals surface area contributed by atoms with Crippen molar-refractivity contribution < 1.29 is 0 Å². The van der Waals surface area contributed by atoms with Gasteiger partial charge in [0.15, 0.2) is 0 Å². The van der Waals surface area contributed by atoms with Crippen LogP contribution < -0.4 is 5.43 Å². The fourth-order valence-corrected chi connectivity index (χ4v) is 2.22. The molecule has 0 fully saturated rings. The van der Waals surface area contributed by atoms with Crippen molar-refractivity contribution in [2.45, 2.75) is 0 Å². The predicted octanol–water partition coefficient (Wildman–Crippen LogP) is 1.40. The molecular weight excluding hydrogens is 224 g/mol. The van der Waals surface area contributed by atoms with Crippen LogP contribution in [-0.4, -0.2) is 13.7 Å². The Kier molecular flexibility index (Phi) is 1.75. The minimum Gasteiger partial charge on any atom is -0.293 e. The summed E-state index contributed by atoms with van der Waals surface area (Å²) in [4.78, 5) is 16.0. The summed E-state index contributed by atoms with van der Waals surface area (Å²) in [5.74, 6) is 0. The van der Waals surface area contributed by atoms with Gasteiger partial charge in [0.1, 0.15) is 17.1 Å². The highest BCUT2D eigenvalue weighted by Crippen LogP contribution is 2.19. The Morgan fingerprint density at radius 3 is 3.00 bits per heavy atom. The lowest BCUT2D eigenvalue weighted by molar-refractivity contribution is 1.35. The molecule has 6 heteroatoms. The summed E-state index contributed by atoms with van der Waals surface area (Å²) in [5, 5.41) is 9.22. The molecule has 1 aromatic carbocycles. The molecule has 3 rings (SSSR count). The van der Waals surface area contributed by atoms with Crippen molar-refractivity contribution >= 4 is 33.7 Å². The molecule has 0 saturated carbocycles. The lowest BCUT2D eigenvalue weighted by Crippen LogP contribution is -2.07. The van der Waals surface area contributed by atoms with Gasteiger partial charge < -0.3 is 0 Å². The number of pyridine rings is 1. The zero-order valence-electron chi connectivity index (χ0n) is 7.89. The first-order chi connectivity index (χ1) is 7.81. The molecule has 3 aromatic rings. The molecule has 0 aliphatic rings. The van der Waals surface area contributed by atoms with Crippen LogP contribution in [0.3, 0.4) is 0 Å². The SMILES string of the molecule is N#Cc1cnc2ccc3ns[nH]c3c2c1=O. The molecule has 2 aromatic heterocycles. The minimum absolute atomic E-state index is 0.0552. The number of nitrogens with zero attached hydrogens (tertiary/aromatic N) is 3. The molecule has 0 spiro atoms. The molecule has 0 radical (unpaired) electrons. The lowest BCUT2D eigenvalue weighted by atomic mass is 10.1. The topological polar surface area (TPSA) is 82.4 Å². The van der Waals surface area contributed by atoms with Crippen molar-refractivity contribution in [1.29, 1.82) is 5.26 Å². The first-order valence-corrected chi connectivity index (χ1v) is 5.24. The summed E-state index contributed by atoms with van der Waals surface area (Å²) >= 11 is 1.17. The van der Waals surface area contributed by atoms with E-state index in [0.29, 0.717) is 21.9 Å². The Labute approximate surface area is 93.3 Å². The Hall–Kier alpha value is -2.26. The van der Waals surface area contributed by atoms with E-state index in [4.69, 9.17) is 5.26 Å². The van der Waals surface area contributed by atoms with Gasteiger partial charge in [0.2, 0.25) is 5.43 Å². The van der Waals surface area contributed by atoms with Crippen molar-refractivity contribution in [3.8, 4) is 6.07 Å². The highest BCUT2D eigenvalue weighted by atomic mass is 32.1. The predicted molar refractivity (Wildman–Crippen MR) is 60.3 cm³/mol. The minimum atomic E-state index is -0.297. The third-order valence-electron chi connectivity index (χ3n) is 2.38. The normalized spacial score (nSPS) is 10.7. The van der Waals surface area contributed by atoms with Crippen molar-refractivity contribution in [1.82, 2.24) is 13.7 Å². The average Bonchev–Trinajstić information content (AvgIpc) is 2.77. The van der Waals surface area contributed by atoms with Crippen LogP contribution >= 0.6 is 11.7 Å². The number of nitrogens with one attached hydrogen (secondary N) is 1. The highest BCUT2D eigenvalue weighted by Gasteiger charge is 2.10. The fourth-order valence-electron chi connectivity index (χ4n) is 1.62. The summed E-state index contributed by atoms with van der Waals surface area (Å²) in [5.41, 5.74) is 1.70. The summed E-state index contributed by atoms with van der Waals surface area (Å²) in [6.07, 6.45) is 1.30. The number of H-pyrrole nitrogens is 1. The number of rotatable bonds is 0. The zero-order valence-corrected chi connectivity index (χ0v) is 8.71. The van der Waals surface area contributed by atoms with Gasteiger partial charge in [-0.2, -0.15) is 9.64 Å². The fraction of sp³-hybridized carbons (Fsp3) is 0. The maximum atomic E-state index is 12.0. The summed E-state index contributed by atoms with van der Waals surface area (Å²) in [6, 6.07) is 5.36. The van der Waals surface area contributed by atoms with Crippen molar-refractivity contribution in [3.63, 3.8) is 0 Å². The molecule has 16 heavy (non-hydrogen) atoms. The van der Waals surface area contributed by atoms with E-state index in [-0.39, 0.29) is 11.0 Å². The van der Waals surface area contributed by atoms with Gasteiger partial charge in [0, 0.05) is 17.9 Å². The Morgan fingerprint density at radius 2 is 2.19 bits per heavy atom. The maximum Gasteiger partial charge on any atom is 0.209 e. The summed E-state index contributed by atoms with van der Waals surface area (Å²) < 4.78 is 7.04. The van der Waals surface area contributed by atoms with Gasteiger partial charge in [-0.25, -0.2) is 0 Å². The van der Waals surface area contributed by atoms with E-state index in [1.807, 2.05) is 6.07 Å². The van der Waals surface area contributed by atoms with Gasteiger partial charge in [0.25, 0.3) is 0 Å². The van der Waals surface area contributed by atoms with Gasteiger partial charge in [-0.15, -0.1) is 0 Å². The molecule has 0 aliphatic heterocycles. The standard InChI is InChI=1S/C10H4N4OS/c11-3-5-4-12-6-1-2-7-9(14-16-13-7)8(6)10(5)15/h1-2,4,14H. The molecular formula is C10H4N4OS. The first-order valence-electron chi connectivity index (χ1n) is 4.47. The molecule has 5 nitrogen and oxygen atoms in total. The molecule has 1 N–H and O–H groups in total. The number of aromatic amines is 1. The molecule has 0 atom stereocenters. The quantitative estimate of drug-likeness (QED) is 0.630. The lowest BCUT2D eigenvalue weighted by Gasteiger charge is -1.96. The Morgan fingerprint density at radius 1 is 1.38 bits per heavy atom. The summed E-state index contributed by atoms with van der Waals surface area (Å²) in [7, 11) is 0. The smallest absolute Gasteiger partial charge is 0.209 e. The second kappa shape index (κ2) is 3.12. The van der Waals surface area contributed by atoms with Gasteiger partial charge in [-0.3, -0.25) is 14.2 Å². The summed E-state index contributed by atoms with van der Waals surface area (Å²) in [6.45, 7) is 0. The van der Waals surface area contributed by atoms with Crippen LogP contribution in [0.2, 0.25) is 0 Å². The van der Waals surface area contributed by atoms with E-state index >= 15 is 0 Å². The number of aromatic nitrogens is 3. The van der Waals surface area contributed by atoms with Crippen LogP contribution in [0, 0.1) is 11.3 Å². The molecule has 0 amide bonds. The second-order valence-corrected chi connectivity index (χ2v) is 3.82. The van der Waals surface area contributed by atoms with E-state index in [1.165, 1.54) is 17.9 Å². The van der Waals surface area contributed by atoms with E-state index in [0.717, 1.165) is 0 Å². The van der Waals surface area contributed by atoms with Crippen LogP contribution in [0.25, 0.3) is 21.9 Å². The van der Waals surface area contributed by atoms with Crippen molar-refractivity contribution in [2.24, 2.45) is 0 Å². The van der Waals surface area contributed by atoms with Crippen LogP contribution in [0.4, 0.5) is 0 Å². The number of hydrogen-bond donors (Lipinski definition) is 1. The monoisotopic (exact) mass is 228 g/mol.